The van der Waals surface area contributed by atoms with Gasteiger partial charge in [-0.05, 0) is 85.3 Å². The number of aryl methyl sites for hydroxylation is 1. The first-order chi connectivity index (χ1) is 17.1. The van der Waals surface area contributed by atoms with Gasteiger partial charge in [0.1, 0.15) is 16.6 Å². The van der Waals surface area contributed by atoms with Gasteiger partial charge in [-0.15, -0.1) is 11.3 Å². The van der Waals surface area contributed by atoms with Crippen LogP contribution < -0.4 is 10.1 Å². The molecule has 7 heteroatoms. The van der Waals surface area contributed by atoms with Crippen molar-refractivity contribution in [2.45, 2.75) is 38.3 Å². The maximum atomic E-state index is 13.8. The molecule has 1 aliphatic carbocycles. The normalized spacial score (nSPS) is 16.6. The molecule has 1 N–H and O–H groups in total. The van der Waals surface area contributed by atoms with Crippen molar-refractivity contribution in [1.82, 2.24) is 9.47 Å². The Kier molecular flexibility index (Phi) is 5.57. The first kappa shape index (κ1) is 21.9. The lowest BCUT2D eigenvalue weighted by atomic mass is 9.95. The second kappa shape index (κ2) is 8.89. The zero-order chi connectivity index (χ0) is 23.9. The second-order valence-electron chi connectivity index (χ2n) is 9.04. The SMILES string of the molecule is COc1ccc([C@@H]2c3cccn3-c3sc4c(c3CN2C(=O)Nc2ccc(F)cc2)CCCC4)cc1. The average molecular weight is 488 g/mol. The van der Waals surface area contributed by atoms with Crippen molar-refractivity contribution in [3.63, 3.8) is 0 Å². The van der Waals surface area contributed by atoms with Gasteiger partial charge in [-0.25, -0.2) is 9.18 Å². The van der Waals surface area contributed by atoms with E-state index < -0.39 is 0 Å². The molecule has 2 aliphatic rings. The number of amides is 2. The number of benzene rings is 2. The van der Waals surface area contributed by atoms with Crippen LogP contribution in [0.15, 0.2) is 66.9 Å². The summed E-state index contributed by atoms with van der Waals surface area (Å²) in [6, 6.07) is 17.4. The summed E-state index contributed by atoms with van der Waals surface area (Å²) in [6.45, 7) is 0.507. The standard InChI is InChI=1S/C28H26FN3O2S/c1-34-21-14-8-18(9-15-21)26-24-6-4-16-31(24)27-23(22-5-2-3-7-25(22)35-27)17-32(26)28(33)30-20-12-10-19(29)11-13-20/h4,6,8-16,26H,2-3,5,7,17H2,1H3,(H,30,33)/t26-/m1/s1. The summed E-state index contributed by atoms with van der Waals surface area (Å²) in [6.07, 6.45) is 6.66. The summed E-state index contributed by atoms with van der Waals surface area (Å²) in [7, 11) is 1.65. The number of rotatable bonds is 3. The van der Waals surface area contributed by atoms with Crippen LogP contribution in [0.1, 0.15) is 46.1 Å². The number of ether oxygens (including phenoxy) is 1. The molecular weight excluding hydrogens is 461 g/mol. The van der Waals surface area contributed by atoms with E-state index in [4.69, 9.17) is 4.74 Å². The molecule has 0 fully saturated rings. The number of methoxy groups -OCH3 is 1. The minimum absolute atomic E-state index is 0.214. The van der Waals surface area contributed by atoms with Gasteiger partial charge in [0.15, 0.2) is 0 Å². The predicted octanol–water partition coefficient (Wildman–Crippen LogP) is 6.70. The smallest absolute Gasteiger partial charge is 0.322 e. The summed E-state index contributed by atoms with van der Waals surface area (Å²) in [5.74, 6) is 0.439. The molecule has 6 rings (SSSR count). The first-order valence-electron chi connectivity index (χ1n) is 11.9. The van der Waals surface area contributed by atoms with E-state index in [-0.39, 0.29) is 17.9 Å². The van der Waals surface area contributed by atoms with Crippen LogP contribution in [-0.2, 0) is 19.4 Å². The highest BCUT2D eigenvalue weighted by Gasteiger charge is 2.36. The molecule has 0 saturated carbocycles. The summed E-state index contributed by atoms with van der Waals surface area (Å²) in [4.78, 5) is 17.2. The van der Waals surface area contributed by atoms with Gasteiger partial charge in [-0.1, -0.05) is 12.1 Å². The molecular formula is C28H26FN3O2S. The molecule has 178 valence electrons. The Morgan fingerprint density at radius 1 is 1.03 bits per heavy atom. The zero-order valence-corrected chi connectivity index (χ0v) is 20.3. The average Bonchev–Trinajstić information content (AvgIpc) is 3.47. The maximum Gasteiger partial charge on any atom is 0.322 e. The van der Waals surface area contributed by atoms with Gasteiger partial charge in [0.2, 0.25) is 0 Å². The van der Waals surface area contributed by atoms with Crippen LogP contribution in [0.3, 0.4) is 0 Å². The topological polar surface area (TPSA) is 46.5 Å². The number of hydrogen-bond donors (Lipinski definition) is 1. The number of aromatic nitrogens is 1. The number of nitrogens with zero attached hydrogens (tertiary/aromatic N) is 2. The number of fused-ring (bicyclic) bond motifs is 5. The monoisotopic (exact) mass is 487 g/mol. The van der Waals surface area contributed by atoms with Gasteiger partial charge in [-0.3, -0.25) is 0 Å². The van der Waals surface area contributed by atoms with Crippen LogP contribution in [0.25, 0.3) is 5.00 Å². The van der Waals surface area contributed by atoms with E-state index in [2.05, 4.69) is 28.2 Å². The van der Waals surface area contributed by atoms with Crippen molar-refractivity contribution in [3.8, 4) is 10.8 Å². The summed E-state index contributed by atoms with van der Waals surface area (Å²) in [5, 5.41) is 4.22. The van der Waals surface area contributed by atoms with Crippen LogP contribution >= 0.6 is 11.3 Å². The first-order valence-corrected chi connectivity index (χ1v) is 12.7. The molecule has 0 bridgehead atoms. The highest BCUT2D eigenvalue weighted by molar-refractivity contribution is 7.15. The van der Waals surface area contributed by atoms with E-state index >= 15 is 0 Å². The van der Waals surface area contributed by atoms with Crippen molar-refractivity contribution in [2.75, 3.05) is 12.4 Å². The molecule has 0 radical (unpaired) electrons. The van der Waals surface area contributed by atoms with Gasteiger partial charge in [0, 0.05) is 22.3 Å². The zero-order valence-electron chi connectivity index (χ0n) is 19.5. The molecule has 3 heterocycles. The largest absolute Gasteiger partial charge is 0.497 e. The molecule has 0 unspecified atom stereocenters. The number of carbonyl (C=O) groups is 1. The van der Waals surface area contributed by atoms with Crippen molar-refractivity contribution < 1.29 is 13.9 Å². The van der Waals surface area contributed by atoms with E-state index in [1.165, 1.54) is 46.0 Å². The molecule has 35 heavy (non-hydrogen) atoms. The maximum absolute atomic E-state index is 13.8. The van der Waals surface area contributed by atoms with Crippen LogP contribution in [0, 0.1) is 5.82 Å². The van der Waals surface area contributed by atoms with Gasteiger partial charge in [0.05, 0.1) is 25.4 Å². The van der Waals surface area contributed by atoms with Gasteiger partial charge in [0.25, 0.3) is 0 Å². The Labute approximate surface area is 207 Å². The molecule has 4 aromatic rings. The number of nitrogens with one attached hydrogen (secondary N) is 1. The van der Waals surface area contributed by atoms with E-state index in [1.54, 1.807) is 19.2 Å². The Balaban J connectivity index is 1.48. The molecule has 2 aromatic heterocycles. The number of anilines is 1. The Morgan fingerprint density at radius 3 is 2.57 bits per heavy atom. The molecule has 0 saturated heterocycles. The summed E-state index contributed by atoms with van der Waals surface area (Å²) in [5.41, 5.74) is 5.26. The molecule has 1 atom stereocenters. The van der Waals surface area contributed by atoms with E-state index in [1.807, 2.05) is 40.5 Å². The molecule has 0 spiro atoms. The molecule has 1 aliphatic heterocycles. The second-order valence-corrected chi connectivity index (χ2v) is 10.1. The summed E-state index contributed by atoms with van der Waals surface area (Å²) < 4.78 is 21.1. The highest BCUT2D eigenvalue weighted by Crippen LogP contribution is 2.44. The van der Waals surface area contributed by atoms with Crippen molar-refractivity contribution in [3.05, 3.63) is 99.9 Å². The number of thiophene rings is 1. The van der Waals surface area contributed by atoms with Crippen molar-refractivity contribution in [2.24, 2.45) is 0 Å². The minimum Gasteiger partial charge on any atom is -0.497 e. The quantitative estimate of drug-likeness (QED) is 0.349. The molecule has 5 nitrogen and oxygen atoms in total. The Hall–Kier alpha value is -3.58. The van der Waals surface area contributed by atoms with Crippen LogP contribution in [-0.4, -0.2) is 22.6 Å². The number of hydrogen-bond acceptors (Lipinski definition) is 3. The van der Waals surface area contributed by atoms with Crippen molar-refractivity contribution in [1.29, 1.82) is 0 Å². The fourth-order valence-corrected chi connectivity index (χ4v) is 6.66. The third-order valence-electron chi connectivity index (χ3n) is 6.97. The van der Waals surface area contributed by atoms with Gasteiger partial charge >= 0.3 is 6.03 Å². The third-order valence-corrected chi connectivity index (χ3v) is 8.30. The Bertz CT molecular complexity index is 1370. The third kappa shape index (κ3) is 3.90. The predicted molar refractivity (Wildman–Crippen MR) is 136 cm³/mol. The van der Waals surface area contributed by atoms with Gasteiger partial charge in [-0.2, -0.15) is 0 Å². The van der Waals surface area contributed by atoms with E-state index in [0.717, 1.165) is 29.8 Å². The fourth-order valence-electron chi connectivity index (χ4n) is 5.25. The van der Waals surface area contributed by atoms with Crippen LogP contribution in [0.2, 0.25) is 0 Å². The lowest BCUT2D eigenvalue weighted by Crippen LogP contribution is -2.38. The van der Waals surface area contributed by atoms with Gasteiger partial charge < -0.3 is 19.5 Å². The lowest BCUT2D eigenvalue weighted by molar-refractivity contribution is 0.194. The molecule has 2 aromatic carbocycles. The van der Waals surface area contributed by atoms with Crippen LogP contribution in [0.5, 0.6) is 5.75 Å². The van der Waals surface area contributed by atoms with E-state index in [0.29, 0.717) is 12.2 Å². The lowest BCUT2D eigenvalue weighted by Gasteiger charge is -2.31. The number of halogens is 1. The minimum atomic E-state index is -0.332. The number of carbonyl (C=O) groups excluding carboxylic acids is 1. The highest BCUT2D eigenvalue weighted by atomic mass is 32.1. The van der Waals surface area contributed by atoms with Crippen LogP contribution in [0.4, 0.5) is 14.9 Å². The van der Waals surface area contributed by atoms with E-state index in [9.17, 15) is 9.18 Å². The Morgan fingerprint density at radius 2 is 1.80 bits per heavy atom. The summed E-state index contributed by atoms with van der Waals surface area (Å²) >= 11 is 1.86. The fraction of sp³-hybridized carbons (Fsp3) is 0.250. The van der Waals surface area contributed by atoms with Crippen molar-refractivity contribution >= 4 is 23.1 Å². The molecule has 2 amide bonds. The number of urea groups is 1.